The van der Waals surface area contributed by atoms with Gasteiger partial charge in [0.2, 0.25) is 0 Å². The van der Waals surface area contributed by atoms with Gasteiger partial charge in [-0.25, -0.2) is 4.79 Å². The fourth-order valence-corrected chi connectivity index (χ4v) is 2.38. The molecule has 0 saturated carbocycles. The van der Waals surface area contributed by atoms with Crippen LogP contribution in [0.2, 0.25) is 0 Å². The Morgan fingerprint density at radius 2 is 1.67 bits per heavy atom. The highest BCUT2D eigenvalue weighted by Gasteiger charge is 2.19. The zero-order chi connectivity index (χ0) is 19.6. The van der Waals surface area contributed by atoms with E-state index in [1.807, 2.05) is 12.1 Å². The van der Waals surface area contributed by atoms with Gasteiger partial charge in [-0.2, -0.15) is 5.26 Å². The van der Waals surface area contributed by atoms with Crippen molar-refractivity contribution in [3.63, 3.8) is 0 Å². The van der Waals surface area contributed by atoms with Gasteiger partial charge in [0.05, 0.1) is 32.3 Å². The molecule has 0 aliphatic heterocycles. The summed E-state index contributed by atoms with van der Waals surface area (Å²) in [5, 5.41) is 8.81. The van der Waals surface area contributed by atoms with Gasteiger partial charge in [-0.3, -0.25) is 4.79 Å². The molecule has 0 unspecified atom stereocenters. The van der Waals surface area contributed by atoms with E-state index in [0.29, 0.717) is 17.2 Å². The van der Waals surface area contributed by atoms with Crippen LogP contribution in [0.15, 0.2) is 48.5 Å². The van der Waals surface area contributed by atoms with Gasteiger partial charge in [-0.15, -0.1) is 0 Å². The molecule has 0 saturated heterocycles. The lowest BCUT2D eigenvalue weighted by atomic mass is 10.2. The van der Waals surface area contributed by atoms with E-state index >= 15 is 0 Å². The Labute approximate surface area is 157 Å². The van der Waals surface area contributed by atoms with E-state index in [-0.39, 0.29) is 18.5 Å². The molecule has 0 N–H and O–H groups in total. The summed E-state index contributed by atoms with van der Waals surface area (Å²) in [4.78, 5) is 26.2. The monoisotopic (exact) mass is 368 g/mol. The standard InChI is InChI=1S/C20H20N2O5/c1-25-17-11-15(12-18(13-17)26-2)20(24)27-14-19(23)22(10-6-9-21)16-7-4-3-5-8-16/h3-5,7-8,11-13H,6,10,14H2,1-2H3. The topological polar surface area (TPSA) is 88.9 Å². The van der Waals surface area contributed by atoms with Crippen molar-refractivity contribution in [1.82, 2.24) is 0 Å². The molecule has 0 aromatic heterocycles. The van der Waals surface area contributed by atoms with Crippen LogP contribution in [-0.2, 0) is 9.53 Å². The first-order valence-electron chi connectivity index (χ1n) is 8.21. The first-order chi connectivity index (χ1) is 13.1. The van der Waals surface area contributed by atoms with Crippen LogP contribution in [0.1, 0.15) is 16.8 Å². The van der Waals surface area contributed by atoms with Crippen LogP contribution >= 0.6 is 0 Å². The number of ether oxygens (including phenoxy) is 3. The summed E-state index contributed by atoms with van der Waals surface area (Å²) in [6.07, 6.45) is 0.168. The zero-order valence-electron chi connectivity index (χ0n) is 15.2. The molecular formula is C20H20N2O5. The molecule has 0 radical (unpaired) electrons. The van der Waals surface area contributed by atoms with Crippen molar-refractivity contribution in [1.29, 1.82) is 5.26 Å². The molecule has 0 aliphatic rings. The molecule has 0 aliphatic carbocycles. The van der Waals surface area contributed by atoms with Gasteiger partial charge in [0.1, 0.15) is 11.5 Å². The summed E-state index contributed by atoms with van der Waals surface area (Å²) in [7, 11) is 2.95. The van der Waals surface area contributed by atoms with Crippen LogP contribution in [-0.4, -0.2) is 39.2 Å². The van der Waals surface area contributed by atoms with Crippen LogP contribution in [0.4, 0.5) is 5.69 Å². The Morgan fingerprint density at radius 3 is 2.22 bits per heavy atom. The van der Waals surface area contributed by atoms with E-state index in [2.05, 4.69) is 0 Å². The molecule has 2 aromatic carbocycles. The van der Waals surface area contributed by atoms with Gasteiger partial charge >= 0.3 is 5.97 Å². The molecule has 2 rings (SSSR count). The average molecular weight is 368 g/mol. The van der Waals surface area contributed by atoms with Crippen molar-refractivity contribution in [2.45, 2.75) is 6.42 Å². The van der Waals surface area contributed by atoms with Crippen LogP contribution < -0.4 is 14.4 Å². The Hall–Kier alpha value is -3.53. The second-order valence-electron chi connectivity index (χ2n) is 5.47. The minimum absolute atomic E-state index is 0.168. The van der Waals surface area contributed by atoms with Gasteiger partial charge in [0, 0.05) is 18.3 Å². The van der Waals surface area contributed by atoms with Gasteiger partial charge in [0.15, 0.2) is 6.61 Å². The van der Waals surface area contributed by atoms with Crippen LogP contribution in [0, 0.1) is 11.3 Å². The van der Waals surface area contributed by atoms with Gasteiger partial charge < -0.3 is 19.1 Å². The van der Waals surface area contributed by atoms with E-state index in [0.717, 1.165) is 0 Å². The molecule has 7 heteroatoms. The van der Waals surface area contributed by atoms with Crippen LogP contribution in [0.3, 0.4) is 0 Å². The number of carbonyl (C=O) groups is 2. The lowest BCUT2D eigenvalue weighted by molar-refractivity contribution is -0.121. The Balaban J connectivity index is 2.08. The lowest BCUT2D eigenvalue weighted by Crippen LogP contribution is -2.35. The number of para-hydroxylation sites is 1. The second-order valence-corrected chi connectivity index (χ2v) is 5.47. The molecule has 140 valence electrons. The maximum absolute atomic E-state index is 12.5. The highest BCUT2D eigenvalue weighted by atomic mass is 16.5. The molecule has 0 spiro atoms. The van der Waals surface area contributed by atoms with Gasteiger partial charge in [0.25, 0.3) is 5.91 Å². The summed E-state index contributed by atoms with van der Waals surface area (Å²) in [6.45, 7) is -0.234. The van der Waals surface area contributed by atoms with Crippen molar-refractivity contribution in [2.24, 2.45) is 0 Å². The fraction of sp³-hybridized carbons (Fsp3) is 0.250. The molecule has 2 aromatic rings. The molecule has 0 heterocycles. The second kappa shape index (κ2) is 9.82. The molecule has 0 fully saturated rings. The van der Waals surface area contributed by atoms with Gasteiger partial charge in [-0.05, 0) is 24.3 Å². The Bertz CT molecular complexity index is 808. The number of hydrogen-bond donors (Lipinski definition) is 0. The SMILES string of the molecule is COc1cc(OC)cc(C(=O)OCC(=O)N(CCC#N)c2ccccc2)c1. The number of methoxy groups -OCH3 is 2. The van der Waals surface area contributed by atoms with Crippen molar-refractivity contribution in [3.8, 4) is 17.6 Å². The highest BCUT2D eigenvalue weighted by Crippen LogP contribution is 2.23. The van der Waals surface area contributed by atoms with E-state index in [1.54, 1.807) is 30.3 Å². The number of benzene rings is 2. The fourth-order valence-electron chi connectivity index (χ4n) is 2.38. The molecular weight excluding hydrogens is 348 g/mol. The lowest BCUT2D eigenvalue weighted by Gasteiger charge is -2.21. The summed E-state index contributed by atoms with van der Waals surface area (Å²) in [5.41, 5.74) is 0.846. The first-order valence-corrected chi connectivity index (χ1v) is 8.21. The number of rotatable bonds is 8. The third kappa shape index (κ3) is 5.47. The van der Waals surface area contributed by atoms with E-state index < -0.39 is 18.5 Å². The highest BCUT2D eigenvalue weighted by molar-refractivity contribution is 5.97. The quantitative estimate of drug-likeness (QED) is 0.666. The maximum atomic E-state index is 12.5. The minimum Gasteiger partial charge on any atom is -0.497 e. The number of hydrogen-bond acceptors (Lipinski definition) is 6. The minimum atomic E-state index is -0.672. The average Bonchev–Trinajstić information content (AvgIpc) is 2.72. The van der Waals surface area contributed by atoms with Crippen molar-refractivity contribution in [3.05, 3.63) is 54.1 Å². The number of nitriles is 1. The van der Waals surface area contributed by atoms with Crippen molar-refractivity contribution in [2.75, 3.05) is 32.3 Å². The molecule has 0 atom stereocenters. The molecule has 7 nitrogen and oxygen atoms in total. The van der Waals surface area contributed by atoms with Crippen LogP contribution in [0.5, 0.6) is 11.5 Å². The normalized spacial score (nSPS) is 9.81. The zero-order valence-corrected chi connectivity index (χ0v) is 15.2. The van der Waals surface area contributed by atoms with Crippen molar-refractivity contribution < 1.29 is 23.8 Å². The van der Waals surface area contributed by atoms with E-state index in [9.17, 15) is 9.59 Å². The first kappa shape index (κ1) is 19.8. The smallest absolute Gasteiger partial charge is 0.338 e. The summed E-state index contributed by atoms with van der Waals surface area (Å²) >= 11 is 0. The molecule has 0 bridgehead atoms. The number of esters is 1. The molecule has 27 heavy (non-hydrogen) atoms. The maximum Gasteiger partial charge on any atom is 0.338 e. The summed E-state index contributed by atoms with van der Waals surface area (Å²) < 4.78 is 15.4. The predicted octanol–water partition coefficient (Wildman–Crippen LogP) is 2.81. The van der Waals surface area contributed by atoms with Gasteiger partial charge in [-0.1, -0.05) is 18.2 Å². The summed E-state index contributed by atoms with van der Waals surface area (Å²) in [6, 6.07) is 15.5. The third-order valence-corrected chi connectivity index (χ3v) is 3.73. The number of amides is 1. The Kier molecular flexibility index (Phi) is 7.20. The summed E-state index contributed by atoms with van der Waals surface area (Å²) in [5.74, 6) is -0.214. The Morgan fingerprint density at radius 1 is 1.04 bits per heavy atom. The number of anilines is 1. The predicted molar refractivity (Wildman–Crippen MR) is 98.9 cm³/mol. The number of carbonyl (C=O) groups excluding carboxylic acids is 2. The molecule has 1 amide bonds. The van der Waals surface area contributed by atoms with Crippen molar-refractivity contribution >= 4 is 17.6 Å². The van der Waals surface area contributed by atoms with E-state index in [1.165, 1.54) is 31.3 Å². The third-order valence-electron chi connectivity index (χ3n) is 3.73. The van der Waals surface area contributed by atoms with E-state index in [4.69, 9.17) is 19.5 Å². The number of nitrogens with zero attached hydrogens (tertiary/aromatic N) is 2. The largest absolute Gasteiger partial charge is 0.497 e. The van der Waals surface area contributed by atoms with Crippen LogP contribution in [0.25, 0.3) is 0 Å².